The van der Waals surface area contributed by atoms with E-state index in [1.807, 2.05) is 55.3 Å². The number of anilines is 1. The summed E-state index contributed by atoms with van der Waals surface area (Å²) in [5.74, 6) is 0.668. The van der Waals surface area contributed by atoms with E-state index in [0.29, 0.717) is 23.6 Å². The first-order valence-electron chi connectivity index (χ1n) is 9.64. The number of aromatic nitrogens is 2. The van der Waals surface area contributed by atoms with Crippen LogP contribution in [0.3, 0.4) is 0 Å². The molecule has 3 aromatic rings. The van der Waals surface area contributed by atoms with E-state index >= 15 is 0 Å². The molecule has 0 N–H and O–H groups in total. The standard InChI is InChI=1S/C24H23ClN4O/c1-4-12-29(5-2)22-13-17(3)28-24-19(22)9-6-10-23(24)30-16-20-18(8-7-11-26)14-27-15-21(20)25/h4-6,9-10,12-15H,2,7-8,16H2,1,3H3/b12-4-. The predicted molar refractivity (Wildman–Crippen MR) is 121 cm³/mol. The van der Waals surface area contributed by atoms with Crippen LogP contribution in [-0.4, -0.2) is 9.97 Å². The molecule has 3 rings (SSSR count). The van der Waals surface area contributed by atoms with Gasteiger partial charge in [-0.1, -0.05) is 36.4 Å². The number of rotatable bonds is 8. The van der Waals surface area contributed by atoms with Gasteiger partial charge in [0.15, 0.2) is 0 Å². The molecule has 0 radical (unpaired) electrons. The first-order valence-corrected chi connectivity index (χ1v) is 10.0. The van der Waals surface area contributed by atoms with E-state index in [1.54, 1.807) is 18.6 Å². The predicted octanol–water partition coefficient (Wildman–Crippen LogP) is 6.11. The van der Waals surface area contributed by atoms with Gasteiger partial charge in [0.1, 0.15) is 17.9 Å². The summed E-state index contributed by atoms with van der Waals surface area (Å²) in [7, 11) is 0. The van der Waals surface area contributed by atoms with Crippen LogP contribution in [0.25, 0.3) is 10.9 Å². The van der Waals surface area contributed by atoms with Gasteiger partial charge in [-0.3, -0.25) is 4.98 Å². The number of ether oxygens (including phenoxy) is 1. The number of fused-ring (bicyclic) bond motifs is 1. The van der Waals surface area contributed by atoms with Crippen LogP contribution in [0.5, 0.6) is 5.75 Å². The molecule has 2 aromatic heterocycles. The van der Waals surface area contributed by atoms with E-state index in [-0.39, 0.29) is 6.61 Å². The highest BCUT2D eigenvalue weighted by molar-refractivity contribution is 6.31. The van der Waals surface area contributed by atoms with Crippen LogP contribution in [0.1, 0.15) is 30.2 Å². The molecule has 0 aliphatic carbocycles. The first-order chi connectivity index (χ1) is 14.6. The number of pyridine rings is 2. The van der Waals surface area contributed by atoms with Crippen molar-refractivity contribution in [3.05, 3.63) is 83.6 Å². The molecule has 0 aliphatic heterocycles. The van der Waals surface area contributed by atoms with Gasteiger partial charge >= 0.3 is 0 Å². The number of nitrogens with zero attached hydrogens (tertiary/aromatic N) is 4. The van der Waals surface area contributed by atoms with Gasteiger partial charge in [0.05, 0.1) is 16.8 Å². The minimum atomic E-state index is 0.270. The summed E-state index contributed by atoms with van der Waals surface area (Å²) >= 11 is 6.37. The molecule has 30 heavy (non-hydrogen) atoms. The summed E-state index contributed by atoms with van der Waals surface area (Å²) in [6, 6.07) is 10.0. The van der Waals surface area contributed by atoms with Gasteiger partial charge in [-0.25, -0.2) is 4.98 Å². The normalized spacial score (nSPS) is 10.9. The van der Waals surface area contributed by atoms with E-state index < -0.39 is 0 Å². The Kier molecular flexibility index (Phi) is 7.05. The number of nitriles is 1. The summed E-state index contributed by atoms with van der Waals surface area (Å²) in [5.41, 5.74) is 4.38. The van der Waals surface area contributed by atoms with E-state index in [1.165, 1.54) is 0 Å². The van der Waals surface area contributed by atoms with Crippen LogP contribution < -0.4 is 9.64 Å². The largest absolute Gasteiger partial charge is 0.487 e. The number of hydrogen-bond acceptors (Lipinski definition) is 5. The third-order valence-electron chi connectivity index (χ3n) is 4.67. The van der Waals surface area contributed by atoms with Gasteiger partial charge in [0, 0.05) is 47.9 Å². The Balaban J connectivity index is 2.00. The van der Waals surface area contributed by atoms with E-state index in [4.69, 9.17) is 26.6 Å². The number of allylic oxidation sites excluding steroid dienone is 1. The van der Waals surface area contributed by atoms with Crippen molar-refractivity contribution >= 4 is 28.2 Å². The average Bonchev–Trinajstić information content (AvgIpc) is 2.75. The summed E-state index contributed by atoms with van der Waals surface area (Å²) in [6.45, 7) is 8.10. The molecular formula is C24H23ClN4O. The number of aryl methyl sites for hydroxylation is 2. The lowest BCUT2D eigenvalue weighted by molar-refractivity contribution is 0.308. The summed E-state index contributed by atoms with van der Waals surface area (Å²) in [6.07, 6.45) is 9.99. The quantitative estimate of drug-likeness (QED) is 0.441. The maximum Gasteiger partial charge on any atom is 0.146 e. The van der Waals surface area contributed by atoms with Crippen LogP contribution >= 0.6 is 11.6 Å². The maximum absolute atomic E-state index is 8.91. The van der Waals surface area contributed by atoms with Crippen molar-refractivity contribution in [3.8, 4) is 11.8 Å². The fourth-order valence-electron chi connectivity index (χ4n) is 3.28. The molecule has 0 unspecified atom stereocenters. The number of halogens is 1. The maximum atomic E-state index is 8.91. The van der Waals surface area contributed by atoms with Crippen molar-refractivity contribution in [2.75, 3.05) is 4.90 Å². The Labute approximate surface area is 181 Å². The van der Waals surface area contributed by atoms with E-state index in [2.05, 4.69) is 17.6 Å². The Bertz CT molecular complexity index is 1130. The van der Waals surface area contributed by atoms with Gasteiger partial charge < -0.3 is 9.64 Å². The highest BCUT2D eigenvalue weighted by Crippen LogP contribution is 2.33. The Hall–Kier alpha value is -3.36. The van der Waals surface area contributed by atoms with Crippen LogP contribution in [-0.2, 0) is 13.0 Å². The van der Waals surface area contributed by atoms with Crippen molar-refractivity contribution in [1.29, 1.82) is 5.26 Å². The van der Waals surface area contributed by atoms with Crippen LogP contribution in [0, 0.1) is 18.3 Å². The van der Waals surface area contributed by atoms with Crippen LogP contribution in [0.15, 0.2) is 61.7 Å². The van der Waals surface area contributed by atoms with E-state index in [9.17, 15) is 0 Å². The summed E-state index contributed by atoms with van der Waals surface area (Å²) < 4.78 is 6.17. The molecular weight excluding hydrogens is 396 g/mol. The zero-order valence-electron chi connectivity index (χ0n) is 17.1. The van der Waals surface area contributed by atoms with Gasteiger partial charge in [-0.15, -0.1) is 0 Å². The Morgan fingerprint density at radius 1 is 1.33 bits per heavy atom. The van der Waals surface area contributed by atoms with Crippen molar-refractivity contribution < 1.29 is 4.74 Å². The molecule has 0 aliphatic rings. The molecule has 6 heteroatoms. The topological polar surface area (TPSA) is 62.0 Å². The third kappa shape index (κ3) is 4.61. The monoisotopic (exact) mass is 418 g/mol. The number of benzene rings is 1. The minimum absolute atomic E-state index is 0.270. The second-order valence-corrected chi connectivity index (χ2v) is 7.12. The molecule has 152 valence electrons. The average molecular weight is 419 g/mol. The smallest absolute Gasteiger partial charge is 0.146 e. The molecule has 0 spiro atoms. The summed E-state index contributed by atoms with van der Waals surface area (Å²) in [5, 5.41) is 10.4. The number of hydrogen-bond donors (Lipinski definition) is 0. The number of para-hydroxylation sites is 1. The molecule has 0 atom stereocenters. The zero-order chi connectivity index (χ0) is 21.5. The fourth-order valence-corrected chi connectivity index (χ4v) is 3.51. The van der Waals surface area contributed by atoms with Crippen molar-refractivity contribution in [1.82, 2.24) is 9.97 Å². The minimum Gasteiger partial charge on any atom is -0.487 e. The molecule has 0 fully saturated rings. The highest BCUT2D eigenvalue weighted by Gasteiger charge is 2.14. The van der Waals surface area contributed by atoms with Crippen molar-refractivity contribution in [2.24, 2.45) is 0 Å². The summed E-state index contributed by atoms with van der Waals surface area (Å²) in [4.78, 5) is 10.8. The van der Waals surface area contributed by atoms with Gasteiger partial charge in [0.2, 0.25) is 0 Å². The fraction of sp³-hybridized carbons (Fsp3) is 0.208. The molecule has 2 heterocycles. The van der Waals surface area contributed by atoms with E-state index in [0.717, 1.165) is 33.4 Å². The van der Waals surface area contributed by atoms with Gasteiger partial charge in [0.25, 0.3) is 0 Å². The molecule has 0 bridgehead atoms. The highest BCUT2D eigenvalue weighted by atomic mass is 35.5. The molecule has 0 saturated carbocycles. The van der Waals surface area contributed by atoms with Crippen molar-refractivity contribution in [3.63, 3.8) is 0 Å². The second-order valence-electron chi connectivity index (χ2n) is 6.71. The first kappa shape index (κ1) is 21.4. The molecule has 0 saturated heterocycles. The zero-order valence-corrected chi connectivity index (χ0v) is 17.9. The van der Waals surface area contributed by atoms with Crippen LogP contribution in [0.4, 0.5) is 5.69 Å². The molecule has 0 amide bonds. The van der Waals surface area contributed by atoms with Gasteiger partial charge in [-0.05, 0) is 38.0 Å². The Morgan fingerprint density at radius 2 is 2.17 bits per heavy atom. The lowest BCUT2D eigenvalue weighted by Gasteiger charge is -2.19. The lowest BCUT2D eigenvalue weighted by Crippen LogP contribution is -2.08. The van der Waals surface area contributed by atoms with Crippen LogP contribution in [0.2, 0.25) is 5.02 Å². The lowest BCUT2D eigenvalue weighted by atomic mass is 10.1. The molecule has 1 aromatic carbocycles. The molecule has 5 nitrogen and oxygen atoms in total. The Morgan fingerprint density at radius 3 is 2.90 bits per heavy atom. The second kappa shape index (κ2) is 9.91. The van der Waals surface area contributed by atoms with Crippen molar-refractivity contribution in [2.45, 2.75) is 33.3 Å². The SMILES string of the molecule is C=CN(/C=C\C)c1cc(C)nc2c(OCc3c(Cl)cncc3CCC#N)cccc12. The third-order valence-corrected chi connectivity index (χ3v) is 4.99. The van der Waals surface area contributed by atoms with Gasteiger partial charge in [-0.2, -0.15) is 5.26 Å².